The minimum absolute atomic E-state index is 0.124. The Bertz CT molecular complexity index is 1520. The first-order valence-electron chi connectivity index (χ1n) is 12.4. The SMILES string of the molecule is CCN(C(=O)C(Cc1cn(Cc2ccccc2)nn1)C(=O)NS(=O)(=O)C=Cc1ccccc1)c1ccccc1. The summed E-state index contributed by atoms with van der Waals surface area (Å²) in [5.74, 6) is -2.84. The highest BCUT2D eigenvalue weighted by atomic mass is 32.2. The standard InChI is InChI=1S/C29H29N5O4S/c1-2-34(26-16-10-5-11-17-26)29(36)27(20-25-22-33(32-30-25)21-24-14-8-4-9-15-24)28(35)31-39(37,38)19-18-23-12-6-3-7-13-23/h3-19,22,27H,2,20-21H2,1H3,(H,31,35). The molecular formula is C29H29N5O4S. The van der Waals surface area contributed by atoms with E-state index in [4.69, 9.17) is 0 Å². The molecule has 0 saturated carbocycles. The molecule has 0 aliphatic heterocycles. The van der Waals surface area contributed by atoms with E-state index in [1.807, 2.05) is 47.2 Å². The van der Waals surface area contributed by atoms with Crippen molar-refractivity contribution in [3.8, 4) is 0 Å². The summed E-state index contributed by atoms with van der Waals surface area (Å²) in [6.07, 6.45) is 2.91. The number of anilines is 1. The number of sulfonamides is 1. The number of rotatable bonds is 11. The van der Waals surface area contributed by atoms with E-state index < -0.39 is 27.8 Å². The van der Waals surface area contributed by atoms with Gasteiger partial charge in [-0.25, -0.2) is 17.8 Å². The molecule has 9 nitrogen and oxygen atoms in total. The first-order chi connectivity index (χ1) is 18.8. The van der Waals surface area contributed by atoms with Crippen LogP contribution in [0.25, 0.3) is 6.08 Å². The molecule has 0 fully saturated rings. The molecule has 4 aromatic rings. The van der Waals surface area contributed by atoms with Crippen LogP contribution in [0.4, 0.5) is 5.69 Å². The molecule has 1 N–H and O–H groups in total. The Morgan fingerprint density at radius 2 is 1.56 bits per heavy atom. The third kappa shape index (κ3) is 7.71. The maximum Gasteiger partial charge on any atom is 0.257 e. The van der Waals surface area contributed by atoms with Crippen LogP contribution >= 0.6 is 0 Å². The average molecular weight is 544 g/mol. The van der Waals surface area contributed by atoms with Crippen LogP contribution in [-0.4, -0.2) is 41.8 Å². The number of amides is 2. The molecule has 3 aromatic carbocycles. The van der Waals surface area contributed by atoms with Crippen molar-refractivity contribution in [2.75, 3.05) is 11.4 Å². The fourth-order valence-electron chi connectivity index (χ4n) is 4.02. The van der Waals surface area contributed by atoms with Crippen LogP contribution < -0.4 is 9.62 Å². The molecular weight excluding hydrogens is 514 g/mol. The molecule has 0 spiro atoms. The Morgan fingerprint density at radius 3 is 2.21 bits per heavy atom. The molecule has 10 heteroatoms. The lowest BCUT2D eigenvalue weighted by molar-refractivity contribution is -0.132. The molecule has 2 amide bonds. The third-order valence-electron chi connectivity index (χ3n) is 5.93. The molecule has 1 unspecified atom stereocenters. The normalized spacial score (nSPS) is 12.2. The van der Waals surface area contributed by atoms with Crippen molar-refractivity contribution < 1.29 is 18.0 Å². The van der Waals surface area contributed by atoms with E-state index >= 15 is 0 Å². The summed E-state index contributed by atoms with van der Waals surface area (Å²) in [5, 5.41) is 9.18. The van der Waals surface area contributed by atoms with Gasteiger partial charge in [0.1, 0.15) is 5.92 Å². The van der Waals surface area contributed by atoms with Gasteiger partial charge in [-0.15, -0.1) is 5.10 Å². The van der Waals surface area contributed by atoms with E-state index in [1.165, 1.54) is 11.0 Å². The molecule has 39 heavy (non-hydrogen) atoms. The maximum atomic E-state index is 13.7. The molecule has 1 heterocycles. The Labute approximate surface area is 227 Å². The van der Waals surface area contributed by atoms with Crippen LogP contribution in [0.3, 0.4) is 0 Å². The van der Waals surface area contributed by atoms with Crippen molar-refractivity contribution in [3.05, 3.63) is 119 Å². The summed E-state index contributed by atoms with van der Waals surface area (Å²) < 4.78 is 29.1. The van der Waals surface area contributed by atoms with Crippen molar-refractivity contribution in [2.45, 2.75) is 19.9 Å². The van der Waals surface area contributed by atoms with Crippen molar-refractivity contribution >= 4 is 33.6 Å². The van der Waals surface area contributed by atoms with Gasteiger partial charge in [-0.1, -0.05) is 84.1 Å². The van der Waals surface area contributed by atoms with Gasteiger partial charge in [0.2, 0.25) is 11.8 Å². The van der Waals surface area contributed by atoms with Crippen molar-refractivity contribution in [3.63, 3.8) is 0 Å². The summed E-state index contributed by atoms with van der Waals surface area (Å²) >= 11 is 0. The number of carbonyl (C=O) groups excluding carboxylic acids is 2. The zero-order valence-electron chi connectivity index (χ0n) is 21.4. The lowest BCUT2D eigenvalue weighted by Crippen LogP contribution is -2.46. The number of benzene rings is 3. The van der Waals surface area contributed by atoms with Crippen molar-refractivity contribution in [1.29, 1.82) is 0 Å². The van der Waals surface area contributed by atoms with Crippen LogP contribution in [0.2, 0.25) is 0 Å². The van der Waals surface area contributed by atoms with Crippen LogP contribution in [0.5, 0.6) is 0 Å². The number of para-hydroxylation sites is 1. The fraction of sp³-hybridized carbons (Fsp3) is 0.172. The largest absolute Gasteiger partial charge is 0.312 e. The Hall–Kier alpha value is -4.57. The maximum absolute atomic E-state index is 13.7. The van der Waals surface area contributed by atoms with Crippen molar-refractivity contribution in [2.24, 2.45) is 5.92 Å². The van der Waals surface area contributed by atoms with Crippen LogP contribution in [-0.2, 0) is 32.6 Å². The Kier molecular flexibility index (Phi) is 9.01. The fourth-order valence-corrected chi connectivity index (χ4v) is 4.85. The highest BCUT2D eigenvalue weighted by molar-refractivity contribution is 7.93. The summed E-state index contributed by atoms with van der Waals surface area (Å²) in [5.41, 5.74) is 2.65. The molecule has 0 aliphatic rings. The molecule has 4 rings (SSSR count). The lowest BCUT2D eigenvalue weighted by Gasteiger charge is -2.25. The van der Waals surface area contributed by atoms with E-state index in [-0.39, 0.29) is 13.0 Å². The van der Waals surface area contributed by atoms with Gasteiger partial charge in [-0.05, 0) is 36.3 Å². The van der Waals surface area contributed by atoms with Crippen LogP contribution in [0, 0.1) is 5.92 Å². The van der Waals surface area contributed by atoms with Gasteiger partial charge in [0.25, 0.3) is 10.0 Å². The third-order valence-corrected chi connectivity index (χ3v) is 6.91. The predicted molar refractivity (Wildman–Crippen MR) is 150 cm³/mol. The molecule has 0 aliphatic carbocycles. The highest BCUT2D eigenvalue weighted by Gasteiger charge is 2.34. The monoisotopic (exact) mass is 543 g/mol. The smallest absolute Gasteiger partial charge is 0.257 e. The van der Waals surface area contributed by atoms with Crippen molar-refractivity contribution in [1.82, 2.24) is 19.7 Å². The van der Waals surface area contributed by atoms with Gasteiger partial charge in [-0.3, -0.25) is 9.59 Å². The first-order valence-corrected chi connectivity index (χ1v) is 14.0. The van der Waals surface area contributed by atoms with Crippen LogP contribution in [0.1, 0.15) is 23.7 Å². The zero-order chi connectivity index (χ0) is 27.7. The summed E-state index contributed by atoms with van der Waals surface area (Å²) in [4.78, 5) is 28.5. The quantitative estimate of drug-likeness (QED) is 0.289. The van der Waals surface area contributed by atoms with Gasteiger partial charge in [-0.2, -0.15) is 0 Å². The molecule has 0 radical (unpaired) electrons. The number of aromatic nitrogens is 3. The second kappa shape index (κ2) is 12.8. The number of hydrogen-bond donors (Lipinski definition) is 1. The summed E-state index contributed by atoms with van der Waals surface area (Å²) in [6.45, 7) is 2.53. The minimum atomic E-state index is -4.17. The number of hydrogen-bond acceptors (Lipinski definition) is 6. The average Bonchev–Trinajstić information content (AvgIpc) is 3.39. The van der Waals surface area contributed by atoms with E-state index in [2.05, 4.69) is 10.3 Å². The molecule has 1 atom stereocenters. The van der Waals surface area contributed by atoms with E-state index in [9.17, 15) is 18.0 Å². The topological polar surface area (TPSA) is 114 Å². The summed E-state index contributed by atoms with van der Waals surface area (Å²) in [6, 6.07) is 27.4. The minimum Gasteiger partial charge on any atom is -0.312 e. The number of carbonyl (C=O) groups is 2. The molecule has 200 valence electrons. The molecule has 1 aromatic heterocycles. The zero-order valence-corrected chi connectivity index (χ0v) is 22.2. The molecule has 0 bridgehead atoms. The number of nitrogens with zero attached hydrogens (tertiary/aromatic N) is 4. The Balaban J connectivity index is 1.57. The number of nitrogens with one attached hydrogen (secondary N) is 1. The van der Waals surface area contributed by atoms with Gasteiger partial charge in [0, 0.05) is 24.8 Å². The van der Waals surface area contributed by atoms with Gasteiger partial charge in [0.15, 0.2) is 0 Å². The van der Waals surface area contributed by atoms with Gasteiger partial charge >= 0.3 is 0 Å². The second-order valence-electron chi connectivity index (χ2n) is 8.79. The summed E-state index contributed by atoms with van der Waals surface area (Å²) in [7, 11) is -4.17. The Morgan fingerprint density at radius 1 is 0.949 bits per heavy atom. The van der Waals surface area contributed by atoms with Gasteiger partial charge in [0.05, 0.1) is 17.6 Å². The van der Waals surface area contributed by atoms with E-state index in [1.54, 1.807) is 66.3 Å². The highest BCUT2D eigenvalue weighted by Crippen LogP contribution is 2.19. The van der Waals surface area contributed by atoms with E-state index in [0.717, 1.165) is 11.0 Å². The van der Waals surface area contributed by atoms with Crippen LogP contribution in [0.15, 0.2) is 103 Å². The lowest BCUT2D eigenvalue weighted by atomic mass is 10.0. The van der Waals surface area contributed by atoms with E-state index in [0.29, 0.717) is 23.5 Å². The second-order valence-corrected chi connectivity index (χ2v) is 10.4. The predicted octanol–water partition coefficient (Wildman–Crippen LogP) is 3.66. The molecule has 0 saturated heterocycles. The van der Waals surface area contributed by atoms with Gasteiger partial charge < -0.3 is 4.90 Å². The first kappa shape index (κ1) is 27.5.